The SMILES string of the molecule is CN=C(NCc1cccnc1OCc1ccccc1)NC(C)c1ccccc1. The van der Waals surface area contributed by atoms with Gasteiger partial charge in [0.05, 0.1) is 6.04 Å². The molecule has 1 atom stereocenters. The van der Waals surface area contributed by atoms with Gasteiger partial charge < -0.3 is 15.4 Å². The van der Waals surface area contributed by atoms with Crippen molar-refractivity contribution in [3.8, 4) is 5.88 Å². The van der Waals surface area contributed by atoms with E-state index in [1.165, 1.54) is 5.56 Å². The number of nitrogens with zero attached hydrogens (tertiary/aromatic N) is 2. The molecule has 3 aromatic rings. The maximum atomic E-state index is 5.93. The second kappa shape index (κ2) is 10.1. The Hall–Kier alpha value is -3.34. The summed E-state index contributed by atoms with van der Waals surface area (Å²) < 4.78 is 5.93. The number of pyridine rings is 1. The van der Waals surface area contributed by atoms with Gasteiger partial charge in [-0.15, -0.1) is 0 Å². The smallest absolute Gasteiger partial charge is 0.218 e. The minimum Gasteiger partial charge on any atom is -0.473 e. The van der Waals surface area contributed by atoms with Crippen LogP contribution in [0.5, 0.6) is 5.88 Å². The molecule has 0 aliphatic rings. The van der Waals surface area contributed by atoms with Gasteiger partial charge in [-0.2, -0.15) is 0 Å². The molecule has 5 nitrogen and oxygen atoms in total. The number of guanidine groups is 1. The van der Waals surface area contributed by atoms with Gasteiger partial charge >= 0.3 is 0 Å². The van der Waals surface area contributed by atoms with Gasteiger partial charge in [0.15, 0.2) is 5.96 Å². The van der Waals surface area contributed by atoms with Crippen molar-refractivity contribution in [3.63, 3.8) is 0 Å². The Bertz CT molecular complexity index is 881. The Labute approximate surface area is 166 Å². The first kappa shape index (κ1) is 19.4. The van der Waals surface area contributed by atoms with E-state index in [4.69, 9.17) is 4.74 Å². The largest absolute Gasteiger partial charge is 0.473 e. The fraction of sp³-hybridized carbons (Fsp3) is 0.217. The van der Waals surface area contributed by atoms with Crippen molar-refractivity contribution < 1.29 is 4.74 Å². The summed E-state index contributed by atoms with van der Waals surface area (Å²) in [5.41, 5.74) is 3.30. The predicted molar refractivity (Wildman–Crippen MR) is 113 cm³/mol. The molecule has 28 heavy (non-hydrogen) atoms. The van der Waals surface area contributed by atoms with E-state index in [1.54, 1.807) is 13.2 Å². The molecule has 0 radical (unpaired) electrons. The van der Waals surface area contributed by atoms with E-state index in [0.717, 1.165) is 17.1 Å². The fourth-order valence-electron chi connectivity index (χ4n) is 2.82. The molecule has 5 heteroatoms. The Morgan fingerprint density at radius 2 is 1.71 bits per heavy atom. The molecule has 0 fully saturated rings. The van der Waals surface area contributed by atoms with E-state index in [9.17, 15) is 0 Å². The highest BCUT2D eigenvalue weighted by molar-refractivity contribution is 5.80. The number of benzene rings is 2. The zero-order chi connectivity index (χ0) is 19.6. The monoisotopic (exact) mass is 374 g/mol. The molecule has 0 saturated carbocycles. The summed E-state index contributed by atoms with van der Waals surface area (Å²) in [6.45, 7) is 3.17. The van der Waals surface area contributed by atoms with Crippen molar-refractivity contribution in [3.05, 3.63) is 95.7 Å². The highest BCUT2D eigenvalue weighted by atomic mass is 16.5. The Balaban J connectivity index is 1.58. The van der Waals surface area contributed by atoms with E-state index in [-0.39, 0.29) is 6.04 Å². The van der Waals surface area contributed by atoms with Crippen LogP contribution in [0.4, 0.5) is 0 Å². The van der Waals surface area contributed by atoms with Gasteiger partial charge in [0.25, 0.3) is 0 Å². The minimum absolute atomic E-state index is 0.148. The Kier molecular flexibility index (Phi) is 7.01. The molecule has 3 rings (SSSR count). The zero-order valence-electron chi connectivity index (χ0n) is 16.3. The van der Waals surface area contributed by atoms with Crippen molar-refractivity contribution in [2.45, 2.75) is 26.1 Å². The molecular formula is C23H26N4O. The Morgan fingerprint density at radius 1 is 1.00 bits per heavy atom. The van der Waals surface area contributed by atoms with Crippen molar-refractivity contribution in [1.29, 1.82) is 0 Å². The van der Waals surface area contributed by atoms with Crippen LogP contribution in [-0.2, 0) is 13.2 Å². The lowest BCUT2D eigenvalue weighted by molar-refractivity contribution is 0.290. The highest BCUT2D eigenvalue weighted by Crippen LogP contribution is 2.16. The van der Waals surface area contributed by atoms with Crippen LogP contribution in [0.15, 0.2) is 84.0 Å². The molecule has 1 unspecified atom stereocenters. The van der Waals surface area contributed by atoms with Gasteiger partial charge in [0, 0.05) is 25.4 Å². The molecule has 0 aliphatic heterocycles. The van der Waals surface area contributed by atoms with Crippen molar-refractivity contribution >= 4 is 5.96 Å². The van der Waals surface area contributed by atoms with Crippen molar-refractivity contribution in [1.82, 2.24) is 15.6 Å². The van der Waals surface area contributed by atoms with E-state index >= 15 is 0 Å². The molecule has 0 amide bonds. The van der Waals surface area contributed by atoms with E-state index in [2.05, 4.69) is 39.7 Å². The quantitative estimate of drug-likeness (QED) is 0.483. The van der Waals surface area contributed by atoms with Crippen LogP contribution >= 0.6 is 0 Å². The lowest BCUT2D eigenvalue weighted by Crippen LogP contribution is -2.38. The van der Waals surface area contributed by atoms with E-state index < -0.39 is 0 Å². The summed E-state index contributed by atoms with van der Waals surface area (Å²) in [6.07, 6.45) is 1.74. The van der Waals surface area contributed by atoms with Gasteiger partial charge in [-0.1, -0.05) is 66.7 Å². The fourth-order valence-corrected chi connectivity index (χ4v) is 2.82. The van der Waals surface area contributed by atoms with Crippen LogP contribution in [0, 0.1) is 0 Å². The van der Waals surface area contributed by atoms with Crippen LogP contribution in [0.2, 0.25) is 0 Å². The van der Waals surface area contributed by atoms with Gasteiger partial charge in [-0.25, -0.2) is 4.98 Å². The molecule has 2 N–H and O–H groups in total. The van der Waals surface area contributed by atoms with Gasteiger partial charge in [-0.3, -0.25) is 4.99 Å². The maximum Gasteiger partial charge on any atom is 0.218 e. The predicted octanol–water partition coefficient (Wildman–Crippen LogP) is 4.09. The number of hydrogen-bond acceptors (Lipinski definition) is 3. The number of hydrogen-bond donors (Lipinski definition) is 2. The summed E-state index contributed by atoms with van der Waals surface area (Å²) in [5, 5.41) is 6.75. The number of ether oxygens (including phenoxy) is 1. The first-order chi connectivity index (χ1) is 13.8. The van der Waals surface area contributed by atoms with Crippen LogP contribution < -0.4 is 15.4 Å². The normalized spacial score (nSPS) is 12.3. The second-order valence-electron chi connectivity index (χ2n) is 6.44. The molecule has 0 spiro atoms. The molecule has 1 aromatic heterocycles. The number of rotatable bonds is 7. The molecule has 1 heterocycles. The van der Waals surface area contributed by atoms with Crippen LogP contribution in [0.3, 0.4) is 0 Å². The summed E-state index contributed by atoms with van der Waals surface area (Å²) >= 11 is 0. The third-order valence-corrected chi connectivity index (χ3v) is 4.39. The average molecular weight is 374 g/mol. The first-order valence-corrected chi connectivity index (χ1v) is 9.39. The van der Waals surface area contributed by atoms with Gasteiger partial charge in [0.1, 0.15) is 6.61 Å². The lowest BCUT2D eigenvalue weighted by Gasteiger charge is -2.19. The maximum absolute atomic E-state index is 5.93. The number of aliphatic imine (C=N–C) groups is 1. The first-order valence-electron chi connectivity index (χ1n) is 9.39. The summed E-state index contributed by atoms with van der Waals surface area (Å²) in [4.78, 5) is 8.71. The van der Waals surface area contributed by atoms with Crippen LogP contribution in [-0.4, -0.2) is 18.0 Å². The zero-order valence-corrected chi connectivity index (χ0v) is 16.3. The molecule has 0 saturated heterocycles. The average Bonchev–Trinajstić information content (AvgIpc) is 2.77. The molecule has 2 aromatic carbocycles. The van der Waals surface area contributed by atoms with E-state index in [0.29, 0.717) is 19.0 Å². The topological polar surface area (TPSA) is 58.5 Å². The van der Waals surface area contributed by atoms with Gasteiger partial charge in [0.2, 0.25) is 5.88 Å². The number of aromatic nitrogens is 1. The molecule has 0 aliphatic carbocycles. The van der Waals surface area contributed by atoms with Crippen molar-refractivity contribution in [2.75, 3.05) is 7.05 Å². The summed E-state index contributed by atoms with van der Waals surface area (Å²) in [5.74, 6) is 1.36. The summed E-state index contributed by atoms with van der Waals surface area (Å²) in [6, 6.07) is 24.4. The van der Waals surface area contributed by atoms with Crippen molar-refractivity contribution in [2.24, 2.45) is 4.99 Å². The molecular weight excluding hydrogens is 348 g/mol. The lowest BCUT2D eigenvalue weighted by atomic mass is 10.1. The molecule has 144 valence electrons. The van der Waals surface area contributed by atoms with Crippen LogP contribution in [0.25, 0.3) is 0 Å². The highest BCUT2D eigenvalue weighted by Gasteiger charge is 2.09. The van der Waals surface area contributed by atoms with E-state index in [1.807, 2.05) is 60.7 Å². The second-order valence-corrected chi connectivity index (χ2v) is 6.44. The minimum atomic E-state index is 0.148. The number of nitrogens with one attached hydrogen (secondary N) is 2. The molecule has 0 bridgehead atoms. The third-order valence-electron chi connectivity index (χ3n) is 4.39. The van der Waals surface area contributed by atoms with Crippen LogP contribution in [0.1, 0.15) is 29.7 Å². The van der Waals surface area contributed by atoms with Gasteiger partial charge in [-0.05, 0) is 24.1 Å². The summed E-state index contributed by atoms with van der Waals surface area (Å²) in [7, 11) is 1.77. The standard InChI is InChI=1S/C23H26N4O/c1-18(20-12-7-4-8-13-20)27-23(24-2)26-16-21-14-9-15-25-22(21)28-17-19-10-5-3-6-11-19/h3-15,18H,16-17H2,1-2H3,(H2,24,26,27). The third kappa shape index (κ3) is 5.58. The Morgan fingerprint density at radius 3 is 2.43 bits per heavy atom.